The second kappa shape index (κ2) is 3.84. The third kappa shape index (κ3) is 1.53. The van der Waals surface area contributed by atoms with Crippen LogP contribution in [0.2, 0.25) is 0 Å². The van der Waals surface area contributed by atoms with Gasteiger partial charge in [-0.1, -0.05) is 24.3 Å². The van der Waals surface area contributed by atoms with Crippen LogP contribution in [-0.4, -0.2) is 13.7 Å². The summed E-state index contributed by atoms with van der Waals surface area (Å²) in [6.45, 7) is 2.79. The zero-order chi connectivity index (χ0) is 9.97. The van der Waals surface area contributed by atoms with Crippen LogP contribution in [0.1, 0.15) is 18.6 Å². The maximum Gasteiger partial charge on any atom is 0.125 e. The van der Waals surface area contributed by atoms with E-state index in [0.717, 1.165) is 11.3 Å². The van der Waals surface area contributed by atoms with Crippen molar-refractivity contribution in [3.05, 3.63) is 41.5 Å². The van der Waals surface area contributed by atoms with Crippen LogP contribution >= 0.6 is 0 Å². The average Bonchev–Trinajstić information content (AvgIpc) is 2.64. The van der Waals surface area contributed by atoms with Gasteiger partial charge < -0.3 is 9.47 Å². The summed E-state index contributed by atoms with van der Waals surface area (Å²) in [6.07, 6.45) is 2.18. The molecule has 2 nitrogen and oxygen atoms in total. The van der Waals surface area contributed by atoms with E-state index >= 15 is 0 Å². The lowest BCUT2D eigenvalue weighted by Gasteiger charge is -2.15. The maximum atomic E-state index is 5.62. The molecule has 0 N–H and O–H groups in total. The van der Waals surface area contributed by atoms with Crippen molar-refractivity contribution >= 4 is 0 Å². The molecule has 1 aromatic carbocycles. The van der Waals surface area contributed by atoms with Gasteiger partial charge in [0.15, 0.2) is 0 Å². The molecule has 1 aromatic rings. The molecule has 0 radical (unpaired) electrons. The Kier molecular flexibility index (Phi) is 2.55. The van der Waals surface area contributed by atoms with Crippen molar-refractivity contribution in [2.75, 3.05) is 13.7 Å². The van der Waals surface area contributed by atoms with Crippen LogP contribution in [0, 0.1) is 0 Å². The SMILES string of the molecule is COc1ccccc1C1OCC=C1C. The highest BCUT2D eigenvalue weighted by Gasteiger charge is 2.21. The molecule has 1 unspecified atom stereocenters. The van der Waals surface area contributed by atoms with Crippen LogP contribution in [0.15, 0.2) is 35.9 Å². The first-order valence-corrected chi connectivity index (χ1v) is 4.74. The second-order valence-corrected chi connectivity index (χ2v) is 3.40. The van der Waals surface area contributed by atoms with Gasteiger partial charge in [-0.15, -0.1) is 0 Å². The Morgan fingerprint density at radius 1 is 1.36 bits per heavy atom. The van der Waals surface area contributed by atoms with Crippen LogP contribution < -0.4 is 4.74 Å². The highest BCUT2D eigenvalue weighted by atomic mass is 16.5. The molecule has 74 valence electrons. The molecule has 0 bridgehead atoms. The number of hydrogen-bond donors (Lipinski definition) is 0. The molecule has 0 saturated carbocycles. The third-order valence-electron chi connectivity index (χ3n) is 2.50. The smallest absolute Gasteiger partial charge is 0.125 e. The van der Waals surface area contributed by atoms with E-state index in [0.29, 0.717) is 6.61 Å². The Labute approximate surface area is 84.2 Å². The van der Waals surface area contributed by atoms with Crippen LogP contribution in [0.4, 0.5) is 0 Å². The van der Waals surface area contributed by atoms with Crippen LogP contribution in [-0.2, 0) is 4.74 Å². The lowest BCUT2D eigenvalue weighted by atomic mass is 10.0. The minimum atomic E-state index is 0.0751. The maximum absolute atomic E-state index is 5.62. The van der Waals surface area contributed by atoms with Crippen LogP contribution in [0.25, 0.3) is 0 Å². The van der Waals surface area contributed by atoms with E-state index in [9.17, 15) is 0 Å². The topological polar surface area (TPSA) is 18.5 Å². The van der Waals surface area contributed by atoms with Crippen molar-refractivity contribution in [3.63, 3.8) is 0 Å². The number of benzene rings is 1. The number of hydrogen-bond acceptors (Lipinski definition) is 2. The molecule has 0 amide bonds. The Balaban J connectivity index is 2.36. The van der Waals surface area contributed by atoms with Crippen molar-refractivity contribution in [1.82, 2.24) is 0 Å². The molecule has 1 atom stereocenters. The van der Waals surface area contributed by atoms with E-state index in [2.05, 4.69) is 13.0 Å². The van der Waals surface area contributed by atoms with E-state index in [-0.39, 0.29) is 6.10 Å². The van der Waals surface area contributed by atoms with Gasteiger partial charge in [0.2, 0.25) is 0 Å². The van der Waals surface area contributed by atoms with Crippen molar-refractivity contribution < 1.29 is 9.47 Å². The van der Waals surface area contributed by atoms with E-state index in [1.807, 2.05) is 24.3 Å². The zero-order valence-electron chi connectivity index (χ0n) is 8.49. The molecule has 1 heterocycles. The molecular formula is C12H14O2. The first kappa shape index (κ1) is 9.28. The fourth-order valence-electron chi connectivity index (χ4n) is 1.73. The Bertz CT molecular complexity index is 355. The van der Waals surface area contributed by atoms with Crippen molar-refractivity contribution in [3.8, 4) is 5.75 Å². The molecule has 0 saturated heterocycles. The normalized spacial score (nSPS) is 20.7. The second-order valence-electron chi connectivity index (χ2n) is 3.40. The molecule has 2 rings (SSSR count). The van der Waals surface area contributed by atoms with Gasteiger partial charge in [0.05, 0.1) is 13.7 Å². The summed E-state index contributed by atoms with van der Waals surface area (Å²) in [5, 5.41) is 0. The summed E-state index contributed by atoms with van der Waals surface area (Å²) >= 11 is 0. The number of methoxy groups -OCH3 is 1. The summed E-state index contributed by atoms with van der Waals surface area (Å²) < 4.78 is 10.9. The summed E-state index contributed by atoms with van der Waals surface area (Å²) in [5.74, 6) is 0.896. The van der Waals surface area contributed by atoms with Crippen LogP contribution in [0.5, 0.6) is 5.75 Å². The average molecular weight is 190 g/mol. The Hall–Kier alpha value is -1.28. The molecule has 14 heavy (non-hydrogen) atoms. The quantitative estimate of drug-likeness (QED) is 0.667. The molecule has 0 spiro atoms. The first-order valence-electron chi connectivity index (χ1n) is 4.74. The summed E-state index contributed by atoms with van der Waals surface area (Å²) in [6, 6.07) is 7.99. The van der Waals surface area contributed by atoms with Gasteiger partial charge in [0.1, 0.15) is 11.9 Å². The van der Waals surface area contributed by atoms with Crippen molar-refractivity contribution in [1.29, 1.82) is 0 Å². The minimum absolute atomic E-state index is 0.0751. The molecule has 0 aromatic heterocycles. The number of rotatable bonds is 2. The molecule has 0 fully saturated rings. The Morgan fingerprint density at radius 3 is 2.79 bits per heavy atom. The zero-order valence-corrected chi connectivity index (χ0v) is 8.49. The van der Waals surface area contributed by atoms with E-state index in [4.69, 9.17) is 9.47 Å². The minimum Gasteiger partial charge on any atom is -0.496 e. The van der Waals surface area contributed by atoms with Gasteiger partial charge in [-0.2, -0.15) is 0 Å². The van der Waals surface area contributed by atoms with Gasteiger partial charge in [0.25, 0.3) is 0 Å². The molecule has 2 heteroatoms. The Morgan fingerprint density at radius 2 is 2.14 bits per heavy atom. The fraction of sp³-hybridized carbons (Fsp3) is 0.333. The molecular weight excluding hydrogens is 176 g/mol. The lowest BCUT2D eigenvalue weighted by Crippen LogP contribution is -2.01. The molecule has 1 aliphatic heterocycles. The van der Waals surface area contributed by atoms with Gasteiger partial charge in [-0.05, 0) is 18.6 Å². The summed E-state index contributed by atoms with van der Waals surface area (Å²) in [4.78, 5) is 0. The predicted octanol–water partition coefficient (Wildman–Crippen LogP) is 2.71. The third-order valence-corrected chi connectivity index (χ3v) is 2.50. The lowest BCUT2D eigenvalue weighted by molar-refractivity contribution is 0.121. The van der Waals surface area contributed by atoms with Crippen molar-refractivity contribution in [2.45, 2.75) is 13.0 Å². The summed E-state index contributed by atoms with van der Waals surface area (Å²) in [5.41, 5.74) is 2.37. The fourth-order valence-corrected chi connectivity index (χ4v) is 1.73. The standard InChI is InChI=1S/C12H14O2/c1-9-7-8-14-12(9)10-5-3-4-6-11(10)13-2/h3-7,12H,8H2,1-2H3. The van der Waals surface area contributed by atoms with E-state index < -0.39 is 0 Å². The van der Waals surface area contributed by atoms with Crippen molar-refractivity contribution in [2.24, 2.45) is 0 Å². The largest absolute Gasteiger partial charge is 0.496 e. The number of ether oxygens (including phenoxy) is 2. The van der Waals surface area contributed by atoms with Crippen LogP contribution in [0.3, 0.4) is 0 Å². The van der Waals surface area contributed by atoms with Gasteiger partial charge >= 0.3 is 0 Å². The molecule has 0 aliphatic carbocycles. The highest BCUT2D eigenvalue weighted by molar-refractivity contribution is 5.39. The first-order chi connectivity index (χ1) is 6.83. The van der Waals surface area contributed by atoms with E-state index in [1.54, 1.807) is 7.11 Å². The number of para-hydroxylation sites is 1. The van der Waals surface area contributed by atoms with Gasteiger partial charge in [-0.25, -0.2) is 0 Å². The highest BCUT2D eigenvalue weighted by Crippen LogP contribution is 2.35. The predicted molar refractivity (Wildman–Crippen MR) is 55.4 cm³/mol. The monoisotopic (exact) mass is 190 g/mol. The van der Waals surface area contributed by atoms with Gasteiger partial charge in [-0.3, -0.25) is 0 Å². The van der Waals surface area contributed by atoms with Gasteiger partial charge in [0, 0.05) is 5.56 Å². The van der Waals surface area contributed by atoms with E-state index in [1.165, 1.54) is 5.57 Å². The molecule has 1 aliphatic rings. The summed E-state index contributed by atoms with van der Waals surface area (Å²) in [7, 11) is 1.69.